The second kappa shape index (κ2) is 19.9. The molecule has 2 rings (SSSR count). The van der Waals surface area contributed by atoms with Crippen LogP contribution in [0.1, 0.15) is 40.0 Å². The van der Waals surface area contributed by atoms with E-state index in [2.05, 4.69) is 0 Å². The van der Waals surface area contributed by atoms with Gasteiger partial charge in [-0.25, -0.2) is 0 Å². The summed E-state index contributed by atoms with van der Waals surface area (Å²) in [5.74, 6) is -128. The van der Waals surface area contributed by atoms with Gasteiger partial charge in [-0.3, -0.25) is 0 Å². The van der Waals surface area contributed by atoms with Gasteiger partial charge in [0.1, 0.15) is 0 Å². The standard InChI is InChI=1S/C36H28BF39O2Si/c1-17(2)18(3,78-37(77-17)16-7-5-4-6-8-16)15-79(12-9-19(38,39)22(44,45)25(50,51)28(56,57)31(62,63)34(68,69)70,13-10-20(40,41)23(46,47)26(52,53)29(58,59)32(64,65)35(71,72)73)14-11-21(42,43)24(48,49)27(54,55)30(60,61)33(66,67)36(74,75)76/h4-8H,9-15H2,1-3H3. The summed E-state index contributed by atoms with van der Waals surface area (Å²) in [7, 11) is -9.40. The lowest BCUT2D eigenvalue weighted by molar-refractivity contribution is -0.440. The molecule has 1 atom stereocenters. The second-order valence-corrected chi connectivity index (χ2v) is 23.2. The molecular formula is C36H28BF39O2Si. The van der Waals surface area contributed by atoms with Crippen LogP contribution in [-0.2, 0) is 9.31 Å². The van der Waals surface area contributed by atoms with Crippen molar-refractivity contribution in [1.29, 1.82) is 0 Å². The lowest BCUT2D eigenvalue weighted by Crippen LogP contribution is -2.70. The van der Waals surface area contributed by atoms with Crippen LogP contribution in [0.4, 0.5) is 171 Å². The number of halogens is 39. The van der Waals surface area contributed by atoms with Crippen molar-refractivity contribution in [2.24, 2.45) is 0 Å². The number of hydrogen-bond acceptors (Lipinski definition) is 2. The number of hydrogen-bond donors (Lipinski definition) is 0. The highest BCUT2D eigenvalue weighted by Crippen LogP contribution is 2.66. The summed E-state index contributed by atoms with van der Waals surface area (Å²) >= 11 is 0. The van der Waals surface area contributed by atoms with E-state index in [1.54, 1.807) is 0 Å². The highest BCUT2D eigenvalue weighted by molar-refractivity contribution is 6.80. The predicted octanol–water partition coefficient (Wildman–Crippen LogP) is 16.8. The Hall–Kier alpha value is -3.31. The van der Waals surface area contributed by atoms with Gasteiger partial charge in [-0.2, -0.15) is 171 Å². The molecule has 0 aromatic heterocycles. The summed E-state index contributed by atoms with van der Waals surface area (Å²) < 4.78 is 561. The lowest BCUT2D eigenvalue weighted by atomic mass is 9.79. The number of alkyl halides is 39. The molecular weight excluding hydrogens is 1240 g/mol. The van der Waals surface area contributed by atoms with Crippen molar-refractivity contribution in [3.63, 3.8) is 0 Å². The Morgan fingerprint density at radius 3 is 0.785 bits per heavy atom. The normalized spacial score (nSPS) is 19.6. The fourth-order valence-electron chi connectivity index (χ4n) is 7.29. The minimum Gasteiger partial charge on any atom is -0.399 e. The van der Waals surface area contributed by atoms with Gasteiger partial charge in [-0.15, -0.1) is 0 Å². The summed E-state index contributed by atoms with van der Waals surface area (Å²) in [5, 5.41) is 0. The van der Waals surface area contributed by atoms with E-state index in [4.69, 9.17) is 9.31 Å². The fourth-order valence-corrected chi connectivity index (χ4v) is 13.0. The maximum absolute atomic E-state index is 15.5. The van der Waals surface area contributed by atoms with Crippen LogP contribution in [0.3, 0.4) is 0 Å². The number of rotatable bonds is 24. The van der Waals surface area contributed by atoms with Crippen LogP contribution in [0.2, 0.25) is 24.2 Å². The number of benzene rings is 1. The van der Waals surface area contributed by atoms with Gasteiger partial charge in [-0.1, -0.05) is 48.5 Å². The lowest BCUT2D eigenvalue weighted by Gasteiger charge is -2.47. The largest absolute Gasteiger partial charge is 0.494 e. The topological polar surface area (TPSA) is 18.5 Å². The van der Waals surface area contributed by atoms with Gasteiger partial charge < -0.3 is 9.31 Å². The molecule has 1 fully saturated rings. The van der Waals surface area contributed by atoms with E-state index in [0.29, 0.717) is 13.8 Å². The zero-order chi connectivity index (χ0) is 63.6. The van der Waals surface area contributed by atoms with E-state index in [1.165, 1.54) is 0 Å². The van der Waals surface area contributed by atoms with Gasteiger partial charge in [0, 0.05) is 19.3 Å². The van der Waals surface area contributed by atoms with Crippen molar-refractivity contribution in [1.82, 2.24) is 0 Å². The molecule has 0 aliphatic carbocycles. The molecule has 1 heterocycles. The van der Waals surface area contributed by atoms with E-state index in [0.717, 1.165) is 30.3 Å². The van der Waals surface area contributed by atoms with E-state index in [1.807, 2.05) is 0 Å². The molecule has 1 aliphatic heterocycles. The van der Waals surface area contributed by atoms with Crippen molar-refractivity contribution >= 4 is 20.7 Å². The zero-order valence-corrected chi connectivity index (χ0v) is 39.0. The van der Waals surface area contributed by atoms with E-state index in [9.17, 15) is 145 Å². The quantitative estimate of drug-likeness (QED) is 0.0759. The smallest absolute Gasteiger partial charge is 0.399 e. The summed E-state index contributed by atoms with van der Waals surface area (Å²) in [4.78, 5) is 0. The third-order valence-electron chi connectivity index (χ3n) is 12.7. The molecule has 1 unspecified atom stereocenters. The Labute approximate surface area is 414 Å². The first-order valence-corrected chi connectivity index (χ1v) is 23.1. The molecule has 2 nitrogen and oxygen atoms in total. The molecule has 0 amide bonds. The maximum Gasteiger partial charge on any atom is 0.494 e. The van der Waals surface area contributed by atoms with E-state index in [-0.39, 0.29) is 6.92 Å². The van der Waals surface area contributed by atoms with Gasteiger partial charge >= 0.3 is 114 Å². The van der Waals surface area contributed by atoms with Crippen LogP contribution in [-0.4, -0.2) is 134 Å². The van der Waals surface area contributed by atoms with Gasteiger partial charge in [0.15, 0.2) is 0 Å². The molecule has 0 spiro atoms. The van der Waals surface area contributed by atoms with Crippen LogP contribution in [0.15, 0.2) is 30.3 Å². The van der Waals surface area contributed by atoms with Crippen LogP contribution in [0.25, 0.3) is 0 Å². The second-order valence-electron chi connectivity index (χ2n) is 18.4. The van der Waals surface area contributed by atoms with Crippen molar-refractivity contribution in [2.75, 3.05) is 0 Å². The van der Waals surface area contributed by atoms with Crippen molar-refractivity contribution in [3.05, 3.63) is 30.3 Å². The molecule has 1 aromatic carbocycles. The zero-order valence-electron chi connectivity index (χ0n) is 38.0. The van der Waals surface area contributed by atoms with Crippen molar-refractivity contribution < 1.29 is 181 Å². The summed E-state index contributed by atoms with van der Waals surface area (Å²) in [6, 6.07) is -7.52. The Balaban J connectivity index is 3.23. The first kappa shape index (κ1) is 71.8. The first-order valence-electron chi connectivity index (χ1n) is 20.3. The van der Waals surface area contributed by atoms with Gasteiger partial charge in [0.25, 0.3) is 0 Å². The summed E-state index contributed by atoms with van der Waals surface area (Å²) in [6.45, 7) is 1.26. The Bertz CT molecular complexity index is 2080. The molecule has 0 saturated carbocycles. The third kappa shape index (κ3) is 11.0. The molecule has 0 bridgehead atoms. The Kier molecular flexibility index (Phi) is 18.1. The van der Waals surface area contributed by atoms with Crippen LogP contribution in [0.5, 0.6) is 0 Å². The highest BCUT2D eigenvalue weighted by atomic mass is 28.3. The van der Waals surface area contributed by atoms with E-state index >= 15 is 26.3 Å². The van der Waals surface area contributed by atoms with Crippen LogP contribution in [0, 0.1) is 0 Å². The average Bonchev–Trinajstić information content (AvgIpc) is 3.49. The first-order chi connectivity index (χ1) is 34.0. The van der Waals surface area contributed by atoms with Gasteiger partial charge in [-0.05, 0) is 32.3 Å². The molecule has 1 aromatic rings. The summed E-state index contributed by atoms with van der Waals surface area (Å²) in [5.41, 5.74) is -6.42. The molecule has 79 heavy (non-hydrogen) atoms. The molecule has 0 radical (unpaired) electrons. The molecule has 43 heteroatoms. The van der Waals surface area contributed by atoms with Crippen LogP contribution >= 0.6 is 0 Å². The van der Waals surface area contributed by atoms with Gasteiger partial charge in [0.05, 0.1) is 19.3 Å². The predicted molar refractivity (Wildman–Crippen MR) is 188 cm³/mol. The summed E-state index contributed by atoms with van der Waals surface area (Å²) in [6.07, 6.45) is -36.7. The molecule has 0 N–H and O–H groups in total. The van der Waals surface area contributed by atoms with Crippen molar-refractivity contribution in [2.45, 2.75) is 183 Å². The minimum absolute atomic E-state index is 0.236. The monoisotopic (exact) mass is 1270 g/mol. The Morgan fingerprint density at radius 1 is 0.329 bits per heavy atom. The fraction of sp³-hybridized carbons (Fsp3) is 0.833. The third-order valence-corrected chi connectivity index (χ3v) is 18.1. The molecule has 464 valence electrons. The Morgan fingerprint density at radius 2 is 0.557 bits per heavy atom. The van der Waals surface area contributed by atoms with E-state index < -0.39 is 183 Å². The SMILES string of the molecule is CC1(C)OB(c2ccccc2)OC1(C)C[Si](CCC(F)(F)C(F)(F)C(F)(F)C(F)(F)C(F)(F)C(F)(F)F)(CCC(F)(F)C(F)(F)C(F)(F)C(F)(F)C(F)(F)C(F)(F)F)CCC(F)(F)C(F)(F)C(F)(F)C(F)(F)C(F)(F)C(F)(F)F. The van der Waals surface area contributed by atoms with Crippen LogP contribution < -0.4 is 5.46 Å². The average molecular weight is 1270 g/mol. The van der Waals surface area contributed by atoms with Gasteiger partial charge in [0.2, 0.25) is 0 Å². The highest BCUT2D eigenvalue weighted by Gasteiger charge is 2.93. The van der Waals surface area contributed by atoms with Crippen molar-refractivity contribution in [3.8, 4) is 0 Å². The minimum atomic E-state index is -8.92. The molecule has 1 saturated heterocycles. The molecule has 1 aliphatic rings. The maximum atomic E-state index is 15.5.